The molecule has 0 atom stereocenters. The van der Waals surface area contributed by atoms with Crippen molar-refractivity contribution in [1.29, 1.82) is 0 Å². The van der Waals surface area contributed by atoms with Gasteiger partial charge in [0.15, 0.2) is 0 Å². The highest BCUT2D eigenvalue weighted by Crippen LogP contribution is 2.21. The number of aromatic nitrogens is 2. The van der Waals surface area contributed by atoms with E-state index in [0.29, 0.717) is 11.9 Å². The molecule has 1 aliphatic rings. The Balaban J connectivity index is 1.67. The highest BCUT2D eigenvalue weighted by molar-refractivity contribution is 5.31. The Morgan fingerprint density at radius 2 is 2.20 bits per heavy atom. The van der Waals surface area contributed by atoms with Crippen LogP contribution in [0.25, 0.3) is 0 Å². The van der Waals surface area contributed by atoms with Crippen LogP contribution < -0.4 is 10.1 Å². The first kappa shape index (κ1) is 13.1. The minimum absolute atomic E-state index is 0.549. The van der Waals surface area contributed by atoms with Crippen molar-refractivity contribution in [2.45, 2.75) is 38.8 Å². The van der Waals surface area contributed by atoms with Crippen molar-refractivity contribution in [3.63, 3.8) is 0 Å². The smallest absolute Gasteiger partial charge is 0.238 e. The number of aryl methyl sites for hydroxylation is 1. The highest BCUT2D eigenvalue weighted by atomic mass is 16.5. The van der Waals surface area contributed by atoms with Crippen LogP contribution in [0.2, 0.25) is 0 Å². The number of hydrogen-bond donors (Lipinski definition) is 1. The average Bonchev–Trinajstić information content (AvgIpc) is 3.30. The Bertz CT molecular complexity index is 581. The minimum atomic E-state index is 0.549. The van der Waals surface area contributed by atoms with Crippen LogP contribution in [0.1, 0.15) is 31.0 Å². The van der Waals surface area contributed by atoms with Crippen LogP contribution in [0.5, 0.6) is 11.6 Å². The van der Waals surface area contributed by atoms with E-state index < -0.39 is 0 Å². The molecule has 1 N–H and O–H groups in total. The van der Waals surface area contributed by atoms with Gasteiger partial charge >= 0.3 is 0 Å². The predicted octanol–water partition coefficient (Wildman–Crippen LogP) is 3.08. The van der Waals surface area contributed by atoms with Crippen LogP contribution in [0.4, 0.5) is 0 Å². The third-order valence-electron chi connectivity index (χ3n) is 3.34. The van der Waals surface area contributed by atoms with Gasteiger partial charge in [0.05, 0.1) is 11.9 Å². The first-order valence-electron chi connectivity index (χ1n) is 7.14. The molecule has 20 heavy (non-hydrogen) atoms. The monoisotopic (exact) mass is 269 g/mol. The first-order chi connectivity index (χ1) is 9.83. The normalized spacial score (nSPS) is 14.2. The summed E-state index contributed by atoms with van der Waals surface area (Å²) in [6.45, 7) is 2.88. The van der Waals surface area contributed by atoms with Crippen LogP contribution in [0.3, 0.4) is 0 Å². The maximum absolute atomic E-state index is 5.78. The molecular weight excluding hydrogens is 250 g/mol. The molecule has 4 nitrogen and oxygen atoms in total. The quantitative estimate of drug-likeness (QED) is 0.875. The second kappa shape index (κ2) is 6.01. The Labute approximate surface area is 119 Å². The van der Waals surface area contributed by atoms with Gasteiger partial charge in [-0.3, -0.25) is 4.98 Å². The summed E-state index contributed by atoms with van der Waals surface area (Å²) in [4.78, 5) is 8.67. The van der Waals surface area contributed by atoms with Gasteiger partial charge in [-0.25, -0.2) is 4.98 Å². The Hall–Kier alpha value is -1.94. The van der Waals surface area contributed by atoms with Crippen molar-refractivity contribution >= 4 is 0 Å². The fourth-order valence-electron chi connectivity index (χ4n) is 2.01. The Kier molecular flexibility index (Phi) is 3.92. The molecule has 0 saturated heterocycles. The van der Waals surface area contributed by atoms with Crippen molar-refractivity contribution in [1.82, 2.24) is 15.3 Å². The fraction of sp³-hybridized carbons (Fsp3) is 0.375. The predicted molar refractivity (Wildman–Crippen MR) is 77.8 cm³/mol. The van der Waals surface area contributed by atoms with Crippen LogP contribution >= 0.6 is 0 Å². The van der Waals surface area contributed by atoms with Crippen molar-refractivity contribution in [2.24, 2.45) is 0 Å². The molecule has 1 aliphatic carbocycles. The van der Waals surface area contributed by atoms with Gasteiger partial charge in [-0.2, -0.15) is 0 Å². The summed E-state index contributed by atoms with van der Waals surface area (Å²) in [6, 6.07) is 8.74. The Morgan fingerprint density at radius 1 is 1.30 bits per heavy atom. The van der Waals surface area contributed by atoms with Gasteiger partial charge in [0.25, 0.3) is 0 Å². The SMILES string of the molecule is CCc1cccc(Oc2cncc(CNC3CC3)n2)c1. The molecule has 3 rings (SSSR count). The molecule has 0 amide bonds. The van der Waals surface area contributed by atoms with E-state index >= 15 is 0 Å². The molecule has 1 aromatic carbocycles. The fourth-order valence-corrected chi connectivity index (χ4v) is 2.01. The zero-order chi connectivity index (χ0) is 13.8. The van der Waals surface area contributed by atoms with Gasteiger partial charge in [0.1, 0.15) is 5.75 Å². The van der Waals surface area contributed by atoms with Crippen LogP contribution in [0.15, 0.2) is 36.7 Å². The molecule has 0 aliphatic heterocycles. The molecule has 1 saturated carbocycles. The maximum Gasteiger partial charge on any atom is 0.238 e. The van der Waals surface area contributed by atoms with E-state index in [0.717, 1.165) is 24.4 Å². The van der Waals surface area contributed by atoms with E-state index in [1.165, 1.54) is 18.4 Å². The molecule has 0 spiro atoms. The zero-order valence-corrected chi connectivity index (χ0v) is 11.7. The molecule has 2 aromatic rings. The van der Waals surface area contributed by atoms with Crippen LogP contribution in [-0.2, 0) is 13.0 Å². The molecular formula is C16H19N3O. The lowest BCUT2D eigenvalue weighted by molar-refractivity contribution is 0.455. The number of ether oxygens (including phenoxy) is 1. The van der Waals surface area contributed by atoms with E-state index in [-0.39, 0.29) is 0 Å². The molecule has 1 aromatic heterocycles. The van der Waals surface area contributed by atoms with Gasteiger partial charge in [-0.1, -0.05) is 19.1 Å². The van der Waals surface area contributed by atoms with Gasteiger partial charge < -0.3 is 10.1 Å². The summed E-state index contributed by atoms with van der Waals surface area (Å²) >= 11 is 0. The third kappa shape index (κ3) is 3.54. The summed E-state index contributed by atoms with van der Waals surface area (Å²) < 4.78 is 5.78. The standard InChI is InChI=1S/C16H19N3O/c1-2-12-4-3-5-15(8-12)20-16-11-17-9-14(19-16)10-18-13-6-7-13/h3-5,8-9,11,13,18H,2,6-7,10H2,1H3. The van der Waals surface area contributed by atoms with Gasteiger partial charge in [0.2, 0.25) is 5.88 Å². The second-order valence-corrected chi connectivity index (χ2v) is 5.11. The van der Waals surface area contributed by atoms with E-state index in [1.54, 1.807) is 12.4 Å². The second-order valence-electron chi connectivity index (χ2n) is 5.11. The maximum atomic E-state index is 5.78. The van der Waals surface area contributed by atoms with Gasteiger partial charge in [-0.15, -0.1) is 0 Å². The number of rotatable bonds is 6. The number of nitrogens with one attached hydrogen (secondary N) is 1. The summed E-state index contributed by atoms with van der Waals surface area (Å²) in [5, 5.41) is 3.42. The lowest BCUT2D eigenvalue weighted by Crippen LogP contribution is -2.16. The Morgan fingerprint density at radius 3 is 3.00 bits per heavy atom. The van der Waals surface area contributed by atoms with Crippen molar-refractivity contribution in [2.75, 3.05) is 0 Å². The molecule has 0 unspecified atom stereocenters. The first-order valence-corrected chi connectivity index (χ1v) is 7.14. The van der Waals surface area contributed by atoms with Gasteiger partial charge in [-0.05, 0) is 37.0 Å². The lowest BCUT2D eigenvalue weighted by Gasteiger charge is -2.07. The highest BCUT2D eigenvalue weighted by Gasteiger charge is 2.20. The van der Waals surface area contributed by atoms with Crippen molar-refractivity contribution < 1.29 is 4.74 Å². The van der Waals surface area contributed by atoms with E-state index in [2.05, 4.69) is 28.3 Å². The number of nitrogens with zero attached hydrogens (tertiary/aromatic N) is 2. The van der Waals surface area contributed by atoms with Crippen LogP contribution in [0, 0.1) is 0 Å². The summed E-state index contributed by atoms with van der Waals surface area (Å²) in [5.41, 5.74) is 2.17. The number of benzene rings is 1. The molecule has 104 valence electrons. The van der Waals surface area contributed by atoms with Crippen LogP contribution in [-0.4, -0.2) is 16.0 Å². The zero-order valence-electron chi connectivity index (χ0n) is 11.7. The topological polar surface area (TPSA) is 47.0 Å². The largest absolute Gasteiger partial charge is 0.437 e. The molecule has 0 bridgehead atoms. The summed E-state index contributed by atoms with van der Waals surface area (Å²) in [6.07, 6.45) is 6.97. The lowest BCUT2D eigenvalue weighted by atomic mass is 10.2. The summed E-state index contributed by atoms with van der Waals surface area (Å²) in [5.74, 6) is 1.36. The van der Waals surface area contributed by atoms with Crippen molar-refractivity contribution in [3.8, 4) is 11.6 Å². The molecule has 1 heterocycles. The minimum Gasteiger partial charge on any atom is -0.437 e. The summed E-state index contributed by atoms with van der Waals surface area (Å²) in [7, 11) is 0. The average molecular weight is 269 g/mol. The van der Waals surface area contributed by atoms with E-state index in [9.17, 15) is 0 Å². The number of hydrogen-bond acceptors (Lipinski definition) is 4. The van der Waals surface area contributed by atoms with E-state index in [1.807, 2.05) is 18.2 Å². The van der Waals surface area contributed by atoms with E-state index in [4.69, 9.17) is 4.74 Å². The third-order valence-corrected chi connectivity index (χ3v) is 3.34. The molecule has 0 radical (unpaired) electrons. The molecule has 4 heteroatoms. The van der Waals surface area contributed by atoms with Crippen molar-refractivity contribution in [3.05, 3.63) is 47.9 Å². The van der Waals surface area contributed by atoms with Gasteiger partial charge in [0, 0.05) is 18.8 Å². The molecule has 1 fully saturated rings.